The van der Waals surface area contributed by atoms with Crippen molar-refractivity contribution in [2.24, 2.45) is 11.8 Å². The zero-order valence-electron chi connectivity index (χ0n) is 6.76. The van der Waals surface area contributed by atoms with Crippen molar-refractivity contribution in [3.8, 4) is 0 Å². The van der Waals surface area contributed by atoms with Gasteiger partial charge in [0.25, 0.3) is 0 Å². The first-order chi connectivity index (χ1) is 5.70. The van der Waals surface area contributed by atoms with E-state index < -0.39 is 0 Å². The highest BCUT2D eigenvalue weighted by Gasteiger charge is 2.39. The molecule has 1 aromatic rings. The molecule has 0 radical (unpaired) electrons. The minimum absolute atomic E-state index is 0.486. The number of alkyl halides is 1. The molecule has 3 atom stereocenters. The van der Waals surface area contributed by atoms with E-state index in [-0.39, 0.29) is 0 Å². The molecule has 1 saturated carbocycles. The predicted molar refractivity (Wildman–Crippen MR) is 58.3 cm³/mol. The summed E-state index contributed by atoms with van der Waals surface area (Å²) >= 11 is 11.5. The molecule has 1 aliphatic rings. The Hall–Kier alpha value is 0.470. The Morgan fingerprint density at radius 1 is 1.75 bits per heavy atom. The monoisotopic (exact) mass is 264 g/mol. The summed E-state index contributed by atoms with van der Waals surface area (Å²) in [5.74, 6) is 1.67. The SMILES string of the molecule is CC1CC1C(Br)c1sccc1Cl. The van der Waals surface area contributed by atoms with E-state index in [0.29, 0.717) is 4.83 Å². The van der Waals surface area contributed by atoms with Gasteiger partial charge in [0, 0.05) is 4.88 Å². The van der Waals surface area contributed by atoms with E-state index in [0.717, 1.165) is 16.9 Å². The van der Waals surface area contributed by atoms with Crippen molar-refractivity contribution in [3.63, 3.8) is 0 Å². The lowest BCUT2D eigenvalue weighted by atomic mass is 10.2. The van der Waals surface area contributed by atoms with Gasteiger partial charge in [-0.25, -0.2) is 0 Å². The van der Waals surface area contributed by atoms with Gasteiger partial charge in [-0.3, -0.25) is 0 Å². The van der Waals surface area contributed by atoms with Crippen LogP contribution >= 0.6 is 38.9 Å². The van der Waals surface area contributed by atoms with Crippen molar-refractivity contribution in [2.45, 2.75) is 18.2 Å². The van der Waals surface area contributed by atoms with Crippen LogP contribution in [0, 0.1) is 11.8 Å². The van der Waals surface area contributed by atoms with Crippen molar-refractivity contribution in [2.75, 3.05) is 0 Å². The van der Waals surface area contributed by atoms with Gasteiger partial charge < -0.3 is 0 Å². The quantitative estimate of drug-likeness (QED) is 0.691. The van der Waals surface area contributed by atoms with E-state index in [2.05, 4.69) is 28.2 Å². The molecule has 1 fully saturated rings. The summed E-state index contributed by atoms with van der Waals surface area (Å²) in [5.41, 5.74) is 0. The second kappa shape index (κ2) is 3.32. The number of hydrogen-bond acceptors (Lipinski definition) is 1. The van der Waals surface area contributed by atoms with Crippen molar-refractivity contribution in [1.29, 1.82) is 0 Å². The molecule has 66 valence electrons. The van der Waals surface area contributed by atoms with Gasteiger partial charge >= 0.3 is 0 Å². The van der Waals surface area contributed by atoms with E-state index in [1.165, 1.54) is 11.3 Å². The van der Waals surface area contributed by atoms with Gasteiger partial charge in [-0.1, -0.05) is 34.5 Å². The Bertz CT molecular complexity index is 284. The second-order valence-corrected chi connectivity index (χ2v) is 5.75. The van der Waals surface area contributed by atoms with Crippen LogP contribution in [0.5, 0.6) is 0 Å². The van der Waals surface area contributed by atoms with Gasteiger partial charge in [0.2, 0.25) is 0 Å². The number of thiophene rings is 1. The summed E-state index contributed by atoms with van der Waals surface area (Å²) in [7, 11) is 0. The van der Waals surface area contributed by atoms with E-state index in [1.807, 2.05) is 6.07 Å². The molecule has 2 rings (SSSR count). The normalized spacial score (nSPS) is 30.2. The number of halogens is 2. The van der Waals surface area contributed by atoms with Crippen molar-refractivity contribution in [1.82, 2.24) is 0 Å². The molecule has 0 spiro atoms. The van der Waals surface area contributed by atoms with Crippen LogP contribution in [-0.2, 0) is 0 Å². The van der Waals surface area contributed by atoms with Gasteiger partial charge in [-0.05, 0) is 29.7 Å². The Kier molecular flexibility index (Phi) is 2.50. The average Bonchev–Trinajstić information content (AvgIpc) is 2.59. The molecule has 0 aromatic carbocycles. The molecule has 3 unspecified atom stereocenters. The van der Waals surface area contributed by atoms with Crippen molar-refractivity contribution >= 4 is 38.9 Å². The summed E-state index contributed by atoms with van der Waals surface area (Å²) < 4.78 is 0. The topological polar surface area (TPSA) is 0 Å². The minimum atomic E-state index is 0.486. The molecule has 0 saturated heterocycles. The highest BCUT2D eigenvalue weighted by molar-refractivity contribution is 9.09. The van der Waals surface area contributed by atoms with Crippen LogP contribution in [0.15, 0.2) is 11.4 Å². The van der Waals surface area contributed by atoms with Crippen LogP contribution in [0.25, 0.3) is 0 Å². The lowest BCUT2D eigenvalue weighted by Crippen LogP contribution is -1.90. The predicted octanol–water partition coefficient (Wildman–Crippen LogP) is 4.49. The molecule has 3 heteroatoms. The molecule has 1 heterocycles. The lowest BCUT2D eigenvalue weighted by molar-refractivity contribution is 0.749. The van der Waals surface area contributed by atoms with Crippen molar-refractivity contribution in [3.05, 3.63) is 21.3 Å². The molecule has 1 aliphatic carbocycles. The summed E-state index contributed by atoms with van der Waals surface area (Å²) in [6.07, 6.45) is 1.34. The first kappa shape index (κ1) is 9.04. The Balaban J connectivity index is 2.14. The lowest BCUT2D eigenvalue weighted by Gasteiger charge is -2.06. The molecule has 1 aromatic heterocycles. The zero-order valence-corrected chi connectivity index (χ0v) is 9.92. The van der Waals surface area contributed by atoms with Crippen LogP contribution in [0.1, 0.15) is 23.0 Å². The highest BCUT2D eigenvalue weighted by atomic mass is 79.9. The fraction of sp³-hybridized carbons (Fsp3) is 0.556. The van der Waals surface area contributed by atoms with Gasteiger partial charge in [0.15, 0.2) is 0 Å². The molecule has 0 amide bonds. The smallest absolute Gasteiger partial charge is 0.0556 e. The fourth-order valence-corrected chi connectivity index (χ4v) is 4.12. The van der Waals surface area contributed by atoms with Gasteiger partial charge in [-0.15, -0.1) is 11.3 Å². The number of rotatable bonds is 2. The Morgan fingerprint density at radius 2 is 2.42 bits per heavy atom. The summed E-state index contributed by atoms with van der Waals surface area (Å²) in [6, 6.07) is 1.98. The standard InChI is InChI=1S/C9H10BrClS/c1-5-4-6(5)8(10)9-7(11)2-3-12-9/h2-3,5-6,8H,4H2,1H3. The van der Waals surface area contributed by atoms with E-state index in [9.17, 15) is 0 Å². The van der Waals surface area contributed by atoms with Crippen LogP contribution in [0.2, 0.25) is 5.02 Å². The average molecular weight is 266 g/mol. The zero-order chi connectivity index (χ0) is 8.72. The van der Waals surface area contributed by atoms with Crippen molar-refractivity contribution < 1.29 is 0 Å². The molecule has 12 heavy (non-hydrogen) atoms. The van der Waals surface area contributed by atoms with Gasteiger partial charge in [-0.2, -0.15) is 0 Å². The minimum Gasteiger partial charge on any atom is -0.146 e. The molecule has 0 aliphatic heterocycles. The Morgan fingerprint density at radius 3 is 2.83 bits per heavy atom. The third kappa shape index (κ3) is 1.57. The van der Waals surface area contributed by atoms with E-state index in [1.54, 1.807) is 11.3 Å². The van der Waals surface area contributed by atoms with Crippen LogP contribution in [0.4, 0.5) is 0 Å². The Labute approximate surface area is 90.1 Å². The van der Waals surface area contributed by atoms with E-state index in [4.69, 9.17) is 11.6 Å². The second-order valence-electron chi connectivity index (χ2n) is 3.41. The van der Waals surface area contributed by atoms with E-state index >= 15 is 0 Å². The highest BCUT2D eigenvalue weighted by Crippen LogP contribution is 2.53. The maximum absolute atomic E-state index is 6.03. The van der Waals surface area contributed by atoms with Gasteiger partial charge in [0.05, 0.1) is 9.85 Å². The molecule has 0 nitrogen and oxygen atoms in total. The third-order valence-electron chi connectivity index (χ3n) is 2.44. The summed E-state index contributed by atoms with van der Waals surface area (Å²) in [6.45, 7) is 2.29. The fourth-order valence-electron chi connectivity index (χ4n) is 1.46. The van der Waals surface area contributed by atoms with Crippen LogP contribution in [0.3, 0.4) is 0 Å². The maximum atomic E-state index is 6.03. The van der Waals surface area contributed by atoms with Gasteiger partial charge in [0.1, 0.15) is 0 Å². The molecule has 0 bridgehead atoms. The molecule has 0 N–H and O–H groups in total. The first-order valence-electron chi connectivity index (χ1n) is 4.07. The number of hydrogen-bond donors (Lipinski definition) is 0. The molecular weight excluding hydrogens is 256 g/mol. The third-order valence-corrected chi connectivity index (χ3v) is 5.32. The summed E-state index contributed by atoms with van der Waals surface area (Å²) in [5, 5.41) is 2.97. The van der Waals surface area contributed by atoms with Crippen LogP contribution < -0.4 is 0 Å². The maximum Gasteiger partial charge on any atom is 0.0556 e. The molecular formula is C9H10BrClS. The summed E-state index contributed by atoms with van der Waals surface area (Å²) in [4.78, 5) is 1.78. The largest absolute Gasteiger partial charge is 0.146 e. The van der Waals surface area contributed by atoms with Crippen LogP contribution in [-0.4, -0.2) is 0 Å². The first-order valence-corrected chi connectivity index (χ1v) is 6.24.